The Hall–Kier alpha value is -0.0800. The zero-order valence-electron chi connectivity index (χ0n) is 13.3. The maximum absolute atomic E-state index is 3.68. The molecule has 1 aliphatic rings. The van der Waals surface area contributed by atoms with Gasteiger partial charge >= 0.3 is 0 Å². The van der Waals surface area contributed by atoms with E-state index in [1.165, 1.54) is 45.2 Å². The molecule has 0 bridgehead atoms. The van der Waals surface area contributed by atoms with Crippen LogP contribution in [0.25, 0.3) is 0 Å². The first kappa shape index (κ1) is 16.0. The third-order valence-electron chi connectivity index (χ3n) is 3.86. The van der Waals surface area contributed by atoms with Gasteiger partial charge in [0.1, 0.15) is 0 Å². The molecule has 108 valence electrons. The van der Waals surface area contributed by atoms with Crippen molar-refractivity contribution >= 4 is 0 Å². The van der Waals surface area contributed by atoms with Crippen LogP contribution in [0.15, 0.2) is 0 Å². The molecule has 0 atom stereocenters. The lowest BCUT2D eigenvalue weighted by molar-refractivity contribution is 0.139. The fourth-order valence-corrected chi connectivity index (χ4v) is 2.40. The Morgan fingerprint density at radius 2 is 1.89 bits per heavy atom. The van der Waals surface area contributed by atoms with Crippen molar-refractivity contribution in [1.82, 2.24) is 10.2 Å². The van der Waals surface area contributed by atoms with Crippen LogP contribution in [0, 0.1) is 5.41 Å². The van der Waals surface area contributed by atoms with Gasteiger partial charge in [0.25, 0.3) is 0 Å². The summed E-state index contributed by atoms with van der Waals surface area (Å²) in [5.41, 5.74) is 0.388. The van der Waals surface area contributed by atoms with E-state index in [1.807, 2.05) is 0 Å². The third-order valence-corrected chi connectivity index (χ3v) is 3.86. The van der Waals surface area contributed by atoms with E-state index < -0.39 is 0 Å². The minimum Gasteiger partial charge on any atom is -0.313 e. The molecule has 1 fully saturated rings. The van der Waals surface area contributed by atoms with Gasteiger partial charge in [0, 0.05) is 25.2 Å². The van der Waals surface area contributed by atoms with Gasteiger partial charge in [-0.25, -0.2) is 0 Å². The van der Waals surface area contributed by atoms with Crippen LogP contribution in [0.4, 0.5) is 0 Å². The fraction of sp³-hybridized carbons (Fsp3) is 1.00. The summed E-state index contributed by atoms with van der Waals surface area (Å²) < 4.78 is 0. The quantitative estimate of drug-likeness (QED) is 0.599. The number of unbranched alkanes of at least 4 members (excludes halogenated alkanes) is 2. The van der Waals surface area contributed by atoms with E-state index in [0.29, 0.717) is 11.5 Å². The van der Waals surface area contributed by atoms with Crippen LogP contribution < -0.4 is 5.32 Å². The van der Waals surface area contributed by atoms with Gasteiger partial charge in [-0.2, -0.15) is 0 Å². The van der Waals surface area contributed by atoms with Crippen LogP contribution >= 0.6 is 0 Å². The van der Waals surface area contributed by atoms with Crippen LogP contribution in [0.5, 0.6) is 0 Å². The SMILES string of the molecule is CCCCCN(CC(C)(C)CNC1CC1)C(C)C. The van der Waals surface area contributed by atoms with Gasteiger partial charge in [-0.1, -0.05) is 33.6 Å². The summed E-state index contributed by atoms with van der Waals surface area (Å²) >= 11 is 0. The fourth-order valence-electron chi connectivity index (χ4n) is 2.40. The monoisotopic (exact) mass is 254 g/mol. The maximum atomic E-state index is 3.68. The molecule has 0 saturated heterocycles. The number of rotatable bonds is 10. The first-order chi connectivity index (χ1) is 8.44. The second kappa shape index (κ2) is 7.49. The second-order valence-electron chi connectivity index (χ2n) is 7.09. The van der Waals surface area contributed by atoms with Gasteiger partial charge in [-0.15, -0.1) is 0 Å². The van der Waals surface area contributed by atoms with E-state index >= 15 is 0 Å². The summed E-state index contributed by atoms with van der Waals surface area (Å²) in [6, 6.07) is 1.50. The number of hydrogen-bond acceptors (Lipinski definition) is 2. The van der Waals surface area contributed by atoms with Crippen molar-refractivity contribution in [1.29, 1.82) is 0 Å². The van der Waals surface area contributed by atoms with E-state index in [-0.39, 0.29) is 0 Å². The van der Waals surface area contributed by atoms with Crippen LogP contribution in [0.1, 0.15) is 66.7 Å². The van der Waals surface area contributed by atoms with Crippen LogP contribution in [0.3, 0.4) is 0 Å². The minimum atomic E-state index is 0.388. The summed E-state index contributed by atoms with van der Waals surface area (Å²) in [5.74, 6) is 0. The van der Waals surface area contributed by atoms with E-state index in [4.69, 9.17) is 0 Å². The molecular weight excluding hydrogens is 220 g/mol. The second-order valence-corrected chi connectivity index (χ2v) is 7.09. The van der Waals surface area contributed by atoms with Crippen molar-refractivity contribution in [2.75, 3.05) is 19.6 Å². The molecule has 18 heavy (non-hydrogen) atoms. The molecule has 1 rings (SSSR count). The average Bonchev–Trinajstić information content (AvgIpc) is 3.09. The van der Waals surface area contributed by atoms with Gasteiger partial charge in [0.15, 0.2) is 0 Å². The van der Waals surface area contributed by atoms with Crippen molar-refractivity contribution in [3.05, 3.63) is 0 Å². The first-order valence-electron chi connectivity index (χ1n) is 7.92. The Balaban J connectivity index is 2.31. The molecule has 1 saturated carbocycles. The topological polar surface area (TPSA) is 15.3 Å². The minimum absolute atomic E-state index is 0.388. The molecule has 0 aliphatic heterocycles. The molecule has 0 heterocycles. The van der Waals surface area contributed by atoms with Gasteiger partial charge in [0.05, 0.1) is 0 Å². The van der Waals surface area contributed by atoms with Crippen LogP contribution in [-0.2, 0) is 0 Å². The number of nitrogens with zero attached hydrogens (tertiary/aromatic N) is 1. The van der Waals surface area contributed by atoms with Gasteiger partial charge in [0.2, 0.25) is 0 Å². The van der Waals surface area contributed by atoms with Crippen molar-refractivity contribution in [3.8, 4) is 0 Å². The molecule has 0 aromatic carbocycles. The Morgan fingerprint density at radius 1 is 1.22 bits per heavy atom. The highest BCUT2D eigenvalue weighted by atomic mass is 15.2. The summed E-state index contributed by atoms with van der Waals surface area (Å²) in [6.45, 7) is 15.4. The van der Waals surface area contributed by atoms with Crippen molar-refractivity contribution in [2.45, 2.75) is 78.8 Å². The smallest absolute Gasteiger partial charge is 0.00684 e. The summed E-state index contributed by atoms with van der Waals surface area (Å²) in [4.78, 5) is 2.66. The van der Waals surface area contributed by atoms with Crippen LogP contribution in [0.2, 0.25) is 0 Å². The largest absolute Gasteiger partial charge is 0.313 e. The Bertz CT molecular complexity index is 219. The zero-order valence-corrected chi connectivity index (χ0v) is 13.3. The van der Waals surface area contributed by atoms with E-state index in [2.05, 4.69) is 44.8 Å². The summed E-state index contributed by atoms with van der Waals surface area (Å²) in [7, 11) is 0. The normalized spacial score (nSPS) is 16.8. The zero-order chi connectivity index (χ0) is 13.6. The predicted octanol–water partition coefficient (Wildman–Crippen LogP) is 3.67. The standard InChI is InChI=1S/C16H34N2/c1-6-7-8-11-18(14(2)3)13-16(4,5)12-17-15-9-10-15/h14-15,17H,6-13H2,1-5H3. The van der Waals surface area contributed by atoms with Crippen molar-refractivity contribution < 1.29 is 0 Å². The number of hydrogen-bond donors (Lipinski definition) is 1. The molecule has 1 N–H and O–H groups in total. The molecule has 0 aromatic rings. The Kier molecular flexibility index (Phi) is 6.65. The average molecular weight is 254 g/mol. The maximum Gasteiger partial charge on any atom is 0.00684 e. The molecule has 2 heteroatoms. The van der Waals surface area contributed by atoms with Gasteiger partial charge in [-0.3, -0.25) is 0 Å². The predicted molar refractivity (Wildman–Crippen MR) is 81.0 cm³/mol. The summed E-state index contributed by atoms with van der Waals surface area (Å²) in [5, 5.41) is 3.68. The van der Waals surface area contributed by atoms with E-state index in [9.17, 15) is 0 Å². The van der Waals surface area contributed by atoms with Crippen LogP contribution in [-0.4, -0.2) is 36.6 Å². The highest BCUT2D eigenvalue weighted by Crippen LogP contribution is 2.23. The third kappa shape index (κ3) is 6.75. The molecule has 0 unspecified atom stereocenters. The lowest BCUT2D eigenvalue weighted by Crippen LogP contribution is -2.44. The molecule has 2 nitrogen and oxygen atoms in total. The molecule has 0 spiro atoms. The van der Waals surface area contributed by atoms with Crippen molar-refractivity contribution in [2.24, 2.45) is 5.41 Å². The molecular formula is C16H34N2. The summed E-state index contributed by atoms with van der Waals surface area (Å²) in [6.07, 6.45) is 6.81. The van der Waals surface area contributed by atoms with E-state index in [1.54, 1.807) is 0 Å². The number of nitrogens with one attached hydrogen (secondary N) is 1. The van der Waals surface area contributed by atoms with Crippen molar-refractivity contribution in [3.63, 3.8) is 0 Å². The molecule has 0 radical (unpaired) electrons. The Morgan fingerprint density at radius 3 is 2.39 bits per heavy atom. The van der Waals surface area contributed by atoms with Gasteiger partial charge in [-0.05, 0) is 45.1 Å². The molecule has 0 amide bonds. The lowest BCUT2D eigenvalue weighted by atomic mass is 9.92. The van der Waals surface area contributed by atoms with E-state index in [0.717, 1.165) is 12.6 Å². The van der Waals surface area contributed by atoms with Gasteiger partial charge < -0.3 is 10.2 Å². The highest BCUT2D eigenvalue weighted by molar-refractivity contribution is 4.85. The first-order valence-corrected chi connectivity index (χ1v) is 7.92. The molecule has 0 aromatic heterocycles. The molecule has 1 aliphatic carbocycles. The lowest BCUT2D eigenvalue weighted by Gasteiger charge is -2.35. The highest BCUT2D eigenvalue weighted by Gasteiger charge is 2.27. The Labute approximate surface area is 115 Å².